The largest absolute Gasteiger partial charge is 0.870 e. The maximum Gasteiger partial charge on any atom is -0.870 e. The van der Waals surface area contributed by atoms with Crippen LogP contribution in [0.1, 0.15) is 138 Å². The molecule has 0 atom stereocenters. The smallest absolute Gasteiger partial charge is 0.870 e. The van der Waals surface area contributed by atoms with Crippen molar-refractivity contribution in [3.05, 3.63) is 0 Å². The maximum atomic E-state index is 9.53. The summed E-state index contributed by atoms with van der Waals surface area (Å²) in [6, 6.07) is 0. The summed E-state index contributed by atoms with van der Waals surface area (Å²) in [6.07, 6.45) is 17.2. The van der Waals surface area contributed by atoms with Gasteiger partial charge in [-0.05, 0) is 0 Å². The summed E-state index contributed by atoms with van der Waals surface area (Å²) in [4.78, 5) is 0. The Labute approximate surface area is 237 Å². The van der Waals surface area contributed by atoms with E-state index in [1.807, 2.05) is 20.8 Å². The normalized spacial score (nSPS) is 8.94. The van der Waals surface area contributed by atoms with E-state index in [0.717, 1.165) is 38.5 Å². The molecule has 34 heavy (non-hydrogen) atoms. The van der Waals surface area contributed by atoms with Crippen LogP contribution in [0.4, 0.5) is 0 Å². The molecule has 4 nitrogen and oxygen atoms in total. The Balaban J connectivity index is -0.0000000786. The van der Waals surface area contributed by atoms with Crippen LogP contribution in [0.2, 0.25) is 17.7 Å². The van der Waals surface area contributed by atoms with E-state index in [0.29, 0.717) is 0 Å². The molecule has 0 saturated carbocycles. The minimum Gasteiger partial charge on any atom is -0.870 e. The first-order valence-electron chi connectivity index (χ1n) is 14.2. The third kappa shape index (κ3) is 76.6. The molecule has 0 aliphatic rings. The Hall–Kier alpha value is 1.44. The molecule has 0 bridgehead atoms. The second kappa shape index (κ2) is 59.5. The Morgan fingerprint density at radius 1 is 0.441 bits per heavy atom. The van der Waals surface area contributed by atoms with Crippen LogP contribution in [-0.2, 0) is 0 Å². The van der Waals surface area contributed by atoms with Crippen LogP contribution in [-0.4, -0.2) is 67.6 Å². The fraction of sp³-hybridized carbons (Fsp3) is 1.00. The zero-order chi connectivity index (χ0) is 26.4. The molecule has 0 aliphatic heterocycles. The van der Waals surface area contributed by atoms with E-state index in [9.17, 15) is 15.3 Å². The van der Waals surface area contributed by atoms with Crippen LogP contribution in [0.3, 0.4) is 0 Å². The van der Waals surface area contributed by atoms with Gasteiger partial charge in [0.25, 0.3) is 0 Å². The molecule has 0 rings (SSSR count). The van der Waals surface area contributed by atoms with Gasteiger partial charge in [0, 0.05) is 0 Å². The fourth-order valence-corrected chi connectivity index (χ4v) is 12.7. The van der Waals surface area contributed by atoms with Crippen LogP contribution in [0.25, 0.3) is 0 Å². The molecule has 1 N–H and O–H groups in total. The molecule has 0 heterocycles. The molecule has 6 heteroatoms. The molecule has 0 unspecified atom stereocenters. The van der Waals surface area contributed by atoms with Crippen LogP contribution < -0.4 is 15.3 Å². The number of hydrogen-bond acceptors (Lipinski definition) is 4. The van der Waals surface area contributed by atoms with Crippen molar-refractivity contribution in [2.75, 3.05) is 19.8 Å². The molecule has 0 aromatic rings. The summed E-state index contributed by atoms with van der Waals surface area (Å²) in [6.45, 7) is 15.5. The van der Waals surface area contributed by atoms with E-state index in [-0.39, 0.29) is 25.3 Å². The second-order valence-corrected chi connectivity index (χ2v) is 18.3. The van der Waals surface area contributed by atoms with Gasteiger partial charge < -0.3 is 20.8 Å². The van der Waals surface area contributed by atoms with E-state index in [4.69, 9.17) is 0 Å². The molecule has 0 fully saturated rings. The van der Waals surface area contributed by atoms with Crippen molar-refractivity contribution in [1.82, 2.24) is 0 Å². The predicted octanol–water partition coefficient (Wildman–Crippen LogP) is 6.52. The number of rotatable bonds is 17. The summed E-state index contributed by atoms with van der Waals surface area (Å²) < 4.78 is 6.47. The van der Waals surface area contributed by atoms with Crippen molar-refractivity contribution in [3.63, 3.8) is 0 Å². The van der Waals surface area contributed by atoms with Crippen LogP contribution in [0.5, 0.6) is 0 Å². The second-order valence-electron chi connectivity index (χ2n) is 8.34. The van der Waals surface area contributed by atoms with E-state index in [1.54, 1.807) is 35.8 Å². The van der Waals surface area contributed by atoms with Gasteiger partial charge in [0.1, 0.15) is 0 Å². The Bertz CT molecular complexity index is 197. The van der Waals surface area contributed by atoms with E-state index in [2.05, 4.69) is 27.7 Å². The Morgan fingerprint density at radius 3 is 0.765 bits per heavy atom. The maximum absolute atomic E-state index is 9.53. The molecule has 208 valence electrons. The van der Waals surface area contributed by atoms with Gasteiger partial charge in [-0.25, -0.2) is 0 Å². The number of hydrogen-bond donors (Lipinski definition) is 0. The van der Waals surface area contributed by atoms with Crippen molar-refractivity contribution in [3.8, 4) is 0 Å². The third-order valence-corrected chi connectivity index (χ3v) is 14.8. The van der Waals surface area contributed by atoms with Crippen molar-refractivity contribution >= 4 is 42.3 Å². The summed E-state index contributed by atoms with van der Waals surface area (Å²) in [5, 5.41) is 28.6. The van der Waals surface area contributed by atoms with E-state index < -0.39 is 19.8 Å². The molecular weight excluding hydrogens is 638 g/mol. The molecule has 0 aromatic heterocycles. The van der Waals surface area contributed by atoms with Gasteiger partial charge in [-0.15, -0.1) is 19.8 Å². The van der Waals surface area contributed by atoms with E-state index >= 15 is 0 Å². The zero-order valence-electron chi connectivity index (χ0n) is 24.5. The van der Waals surface area contributed by atoms with Crippen LogP contribution >= 0.6 is 0 Å². The fourth-order valence-electron chi connectivity index (χ4n) is 2.27. The summed E-state index contributed by atoms with van der Waals surface area (Å²) in [5.74, 6) is 0. The van der Waals surface area contributed by atoms with Gasteiger partial charge in [0.15, 0.2) is 0 Å². The zero-order valence-corrected chi connectivity index (χ0v) is 30.2. The molecule has 0 amide bonds. The van der Waals surface area contributed by atoms with Gasteiger partial charge in [0.2, 0.25) is 0 Å². The minimum atomic E-state index is -0.839. The predicted molar refractivity (Wildman–Crippen MR) is 152 cm³/mol. The van der Waals surface area contributed by atoms with Gasteiger partial charge in [0.05, 0.1) is 0 Å². The first-order valence-corrected chi connectivity index (χ1v) is 22.3. The molecule has 0 spiro atoms. The monoisotopic (exact) mass is 704 g/mol. The molecule has 0 saturated heterocycles. The molecule has 0 radical (unpaired) electrons. The average Bonchev–Trinajstić information content (AvgIpc) is 2.82. The first kappa shape index (κ1) is 48.5. The van der Waals surface area contributed by atoms with Gasteiger partial charge in [-0.3, -0.25) is 0 Å². The molecule has 0 aromatic carbocycles. The van der Waals surface area contributed by atoms with Gasteiger partial charge in [-0.2, -0.15) is 0 Å². The topological polar surface area (TPSA) is 99.2 Å². The summed E-state index contributed by atoms with van der Waals surface area (Å²) in [7, 11) is 0. The SMILES string of the molecule is CCCC[O-].CCCC[O-].CCCC[O-].CCC[CH2][Sn+3].CCC[CH2][Sn+]([CH2]CCC)[CH2]CCC.[OH-]. The van der Waals surface area contributed by atoms with Crippen molar-refractivity contribution < 1.29 is 20.8 Å². The molecular formula is C28H64O4Sn2. The van der Waals surface area contributed by atoms with Crippen LogP contribution in [0, 0.1) is 0 Å². The quantitative estimate of drug-likeness (QED) is 0.161. The Kier molecular flexibility index (Phi) is 84.9. The first-order chi connectivity index (χ1) is 16.0. The Morgan fingerprint density at radius 2 is 0.676 bits per heavy atom. The standard InChI is InChI=1S/3C4H9O.4C4H9.H2O.2Sn/c3*1-2-3-4-5;4*1-3-4-2;;;/h3*2-4H2,1H3;4*1,3-4H2,2H3;1H2;;/q3*-1;;;;;;+1;+3/p-1. The average molecular weight is 702 g/mol. The van der Waals surface area contributed by atoms with Crippen molar-refractivity contribution in [1.29, 1.82) is 0 Å². The van der Waals surface area contributed by atoms with Crippen molar-refractivity contribution in [2.24, 2.45) is 0 Å². The van der Waals surface area contributed by atoms with Gasteiger partial charge in [-0.1, -0.05) is 59.3 Å². The summed E-state index contributed by atoms with van der Waals surface area (Å²) >= 11 is 0.846. The third-order valence-electron chi connectivity index (χ3n) is 4.68. The van der Waals surface area contributed by atoms with Gasteiger partial charge >= 0.3 is 139 Å². The summed E-state index contributed by atoms with van der Waals surface area (Å²) in [5.41, 5.74) is 0. The van der Waals surface area contributed by atoms with Crippen LogP contribution in [0.15, 0.2) is 0 Å². The van der Waals surface area contributed by atoms with Crippen molar-refractivity contribution in [2.45, 2.75) is 156 Å². The van der Waals surface area contributed by atoms with E-state index in [1.165, 1.54) is 55.8 Å². The molecule has 0 aliphatic carbocycles. The number of unbranched alkanes of at least 4 members (excludes halogenated alkanes) is 7. The minimum absolute atomic E-state index is 0.